The van der Waals surface area contributed by atoms with Crippen LogP contribution in [0.4, 0.5) is 4.39 Å². The highest BCUT2D eigenvalue weighted by molar-refractivity contribution is 4.93. The SMILES string of the molecule is CC/C=C(\F)C(C)C. The van der Waals surface area contributed by atoms with Crippen LogP contribution in [-0.2, 0) is 0 Å². The lowest BCUT2D eigenvalue weighted by molar-refractivity contribution is 0.516. The van der Waals surface area contributed by atoms with Gasteiger partial charge in [0.15, 0.2) is 0 Å². The van der Waals surface area contributed by atoms with E-state index in [1.807, 2.05) is 20.8 Å². The lowest BCUT2D eigenvalue weighted by Crippen LogP contribution is -1.85. The van der Waals surface area contributed by atoms with E-state index in [0.717, 1.165) is 6.42 Å². The number of allylic oxidation sites excluding steroid dienone is 2. The molecule has 0 aliphatic heterocycles. The van der Waals surface area contributed by atoms with E-state index in [1.165, 1.54) is 0 Å². The molecule has 0 aliphatic carbocycles. The van der Waals surface area contributed by atoms with Crippen LogP contribution in [0.3, 0.4) is 0 Å². The fraction of sp³-hybridized carbons (Fsp3) is 0.714. The summed E-state index contributed by atoms with van der Waals surface area (Å²) in [6.07, 6.45) is 2.41. The molecule has 0 atom stereocenters. The second-order valence-electron chi connectivity index (χ2n) is 2.15. The van der Waals surface area contributed by atoms with Gasteiger partial charge in [0.1, 0.15) is 0 Å². The molecule has 0 fully saturated rings. The molecule has 0 aliphatic rings. The average Bonchev–Trinajstić information content (AvgIpc) is 1.67. The maximum absolute atomic E-state index is 12.4. The molecule has 0 saturated heterocycles. The van der Waals surface area contributed by atoms with Crippen molar-refractivity contribution in [3.8, 4) is 0 Å². The van der Waals surface area contributed by atoms with Gasteiger partial charge >= 0.3 is 0 Å². The van der Waals surface area contributed by atoms with Crippen LogP contribution in [0.25, 0.3) is 0 Å². The minimum atomic E-state index is 0.00694. The lowest BCUT2D eigenvalue weighted by atomic mass is 10.2. The quantitative estimate of drug-likeness (QED) is 0.520. The Bertz CT molecular complexity index is 82.4. The van der Waals surface area contributed by atoms with Gasteiger partial charge in [0.05, 0.1) is 5.83 Å². The van der Waals surface area contributed by atoms with Gasteiger partial charge in [0.2, 0.25) is 0 Å². The Labute approximate surface area is 50.4 Å². The monoisotopic (exact) mass is 116 g/mol. The van der Waals surface area contributed by atoms with E-state index >= 15 is 0 Å². The average molecular weight is 116 g/mol. The summed E-state index contributed by atoms with van der Waals surface area (Å²) in [4.78, 5) is 0. The first-order valence-corrected chi connectivity index (χ1v) is 3.04. The second-order valence-corrected chi connectivity index (χ2v) is 2.15. The third-order valence-corrected chi connectivity index (χ3v) is 0.951. The minimum absolute atomic E-state index is 0.00694. The van der Waals surface area contributed by atoms with Crippen LogP contribution in [0.15, 0.2) is 11.9 Å². The van der Waals surface area contributed by atoms with Crippen LogP contribution in [0.5, 0.6) is 0 Å². The van der Waals surface area contributed by atoms with E-state index in [4.69, 9.17) is 0 Å². The second kappa shape index (κ2) is 3.65. The smallest absolute Gasteiger partial charge is 0.0985 e. The Balaban J connectivity index is 3.61. The summed E-state index contributed by atoms with van der Waals surface area (Å²) in [5, 5.41) is 0. The maximum Gasteiger partial charge on any atom is 0.0985 e. The zero-order valence-corrected chi connectivity index (χ0v) is 5.74. The van der Waals surface area contributed by atoms with E-state index in [9.17, 15) is 4.39 Å². The highest BCUT2D eigenvalue weighted by atomic mass is 19.1. The fourth-order valence-corrected chi connectivity index (χ4v) is 0.431. The molecule has 0 heterocycles. The van der Waals surface area contributed by atoms with Gasteiger partial charge in [-0.05, 0) is 6.42 Å². The highest BCUT2D eigenvalue weighted by Crippen LogP contribution is 2.10. The standard InChI is InChI=1S/C7H13F/c1-4-5-7(8)6(2)3/h5-6H,4H2,1-3H3/b7-5-. The Kier molecular flexibility index (Phi) is 3.49. The molecule has 48 valence electrons. The van der Waals surface area contributed by atoms with Crippen molar-refractivity contribution in [3.63, 3.8) is 0 Å². The summed E-state index contributed by atoms with van der Waals surface area (Å²) in [5.41, 5.74) is 0. The Morgan fingerprint density at radius 3 is 2.25 bits per heavy atom. The first kappa shape index (κ1) is 7.67. The van der Waals surface area contributed by atoms with Crippen molar-refractivity contribution in [1.29, 1.82) is 0 Å². The zero-order chi connectivity index (χ0) is 6.57. The number of halogens is 1. The predicted molar refractivity (Wildman–Crippen MR) is 34.3 cm³/mol. The molecule has 0 radical (unpaired) electrons. The van der Waals surface area contributed by atoms with E-state index in [0.29, 0.717) is 0 Å². The van der Waals surface area contributed by atoms with Crippen LogP contribution in [-0.4, -0.2) is 0 Å². The van der Waals surface area contributed by atoms with E-state index in [2.05, 4.69) is 0 Å². The van der Waals surface area contributed by atoms with Crippen molar-refractivity contribution in [2.45, 2.75) is 27.2 Å². The van der Waals surface area contributed by atoms with Crippen LogP contribution < -0.4 is 0 Å². The molecule has 1 heteroatoms. The van der Waals surface area contributed by atoms with Crippen LogP contribution in [0.2, 0.25) is 0 Å². The first-order chi connectivity index (χ1) is 3.68. The van der Waals surface area contributed by atoms with Gasteiger partial charge < -0.3 is 0 Å². The molecule has 0 spiro atoms. The molecule has 0 amide bonds. The van der Waals surface area contributed by atoms with Crippen molar-refractivity contribution in [2.24, 2.45) is 5.92 Å². The molecular formula is C7H13F. The van der Waals surface area contributed by atoms with Gasteiger partial charge in [0.25, 0.3) is 0 Å². The van der Waals surface area contributed by atoms with Gasteiger partial charge in [-0.3, -0.25) is 0 Å². The number of hydrogen-bond acceptors (Lipinski definition) is 0. The summed E-state index contributed by atoms with van der Waals surface area (Å²) >= 11 is 0. The van der Waals surface area contributed by atoms with E-state index in [-0.39, 0.29) is 11.7 Å². The molecule has 0 nitrogen and oxygen atoms in total. The van der Waals surface area contributed by atoms with Gasteiger partial charge in [-0.1, -0.05) is 26.8 Å². The summed E-state index contributed by atoms with van der Waals surface area (Å²) < 4.78 is 12.4. The summed E-state index contributed by atoms with van der Waals surface area (Å²) in [6, 6.07) is 0. The van der Waals surface area contributed by atoms with Gasteiger partial charge in [-0.2, -0.15) is 0 Å². The molecule has 0 rings (SSSR count). The normalized spacial score (nSPS) is 12.9. The van der Waals surface area contributed by atoms with Crippen molar-refractivity contribution in [1.82, 2.24) is 0 Å². The zero-order valence-electron chi connectivity index (χ0n) is 5.74. The lowest BCUT2D eigenvalue weighted by Gasteiger charge is -1.97. The third-order valence-electron chi connectivity index (χ3n) is 0.951. The van der Waals surface area contributed by atoms with Crippen molar-refractivity contribution < 1.29 is 4.39 Å². The summed E-state index contributed by atoms with van der Waals surface area (Å²) in [5.74, 6) is 0.0717. The molecule has 0 N–H and O–H groups in total. The Morgan fingerprint density at radius 1 is 1.62 bits per heavy atom. The molecule has 0 saturated carbocycles. The highest BCUT2D eigenvalue weighted by Gasteiger charge is 1.97. The van der Waals surface area contributed by atoms with Crippen LogP contribution in [0.1, 0.15) is 27.2 Å². The summed E-state index contributed by atoms with van der Waals surface area (Å²) in [6.45, 7) is 5.63. The molecule has 0 aromatic heterocycles. The summed E-state index contributed by atoms with van der Waals surface area (Å²) in [7, 11) is 0. The van der Waals surface area contributed by atoms with Crippen molar-refractivity contribution >= 4 is 0 Å². The number of rotatable bonds is 2. The number of hydrogen-bond donors (Lipinski definition) is 0. The van der Waals surface area contributed by atoms with Gasteiger partial charge in [0, 0.05) is 5.92 Å². The van der Waals surface area contributed by atoms with Gasteiger partial charge in [-0.25, -0.2) is 4.39 Å². The molecule has 8 heavy (non-hydrogen) atoms. The minimum Gasteiger partial charge on any atom is -0.212 e. The fourth-order valence-electron chi connectivity index (χ4n) is 0.431. The van der Waals surface area contributed by atoms with Crippen LogP contribution >= 0.6 is 0 Å². The van der Waals surface area contributed by atoms with E-state index < -0.39 is 0 Å². The Morgan fingerprint density at radius 2 is 2.12 bits per heavy atom. The predicted octanol–water partition coefficient (Wildman–Crippen LogP) is 2.91. The Hall–Kier alpha value is -0.330. The van der Waals surface area contributed by atoms with Gasteiger partial charge in [-0.15, -0.1) is 0 Å². The van der Waals surface area contributed by atoms with Crippen molar-refractivity contribution in [3.05, 3.63) is 11.9 Å². The van der Waals surface area contributed by atoms with E-state index in [1.54, 1.807) is 6.08 Å². The molecule has 0 aromatic carbocycles. The maximum atomic E-state index is 12.4. The first-order valence-electron chi connectivity index (χ1n) is 3.04. The van der Waals surface area contributed by atoms with Crippen molar-refractivity contribution in [2.75, 3.05) is 0 Å². The van der Waals surface area contributed by atoms with Crippen LogP contribution in [0, 0.1) is 5.92 Å². The molecule has 0 unspecified atom stereocenters. The largest absolute Gasteiger partial charge is 0.212 e. The molecular weight excluding hydrogens is 103 g/mol. The molecule has 0 aromatic rings. The molecule has 0 bridgehead atoms. The topological polar surface area (TPSA) is 0 Å². The third kappa shape index (κ3) is 2.78.